The topological polar surface area (TPSA) is 41.5 Å². The number of benzene rings is 1. The van der Waals surface area contributed by atoms with E-state index >= 15 is 0 Å². The molecule has 0 amide bonds. The fourth-order valence-electron chi connectivity index (χ4n) is 1.44. The van der Waals surface area contributed by atoms with Gasteiger partial charge in [-0.15, -0.1) is 0 Å². The number of aliphatic hydroxyl groups excluding tert-OH is 1. The molecule has 0 unspecified atom stereocenters. The Hall–Kier alpha value is -0.900. The van der Waals surface area contributed by atoms with Crippen molar-refractivity contribution in [3.8, 4) is 0 Å². The standard InChI is InChI=1S/C13H21NO2/c15-11-7-2-1-6-10-14-16-12-13-8-4-3-5-9-13/h3-5,8-9,14-15H,1-2,6-7,10-12H2. The van der Waals surface area contributed by atoms with Crippen LogP contribution < -0.4 is 5.48 Å². The molecule has 16 heavy (non-hydrogen) atoms. The Balaban J connectivity index is 1.89. The maximum atomic E-state index is 8.59. The first-order chi connectivity index (χ1) is 7.93. The smallest absolute Gasteiger partial charge is 0.0933 e. The summed E-state index contributed by atoms with van der Waals surface area (Å²) < 4.78 is 0. The lowest BCUT2D eigenvalue weighted by Crippen LogP contribution is -2.15. The summed E-state index contributed by atoms with van der Waals surface area (Å²) in [7, 11) is 0. The lowest BCUT2D eigenvalue weighted by atomic mass is 10.2. The van der Waals surface area contributed by atoms with Gasteiger partial charge in [-0.1, -0.05) is 43.2 Å². The maximum Gasteiger partial charge on any atom is 0.0933 e. The quantitative estimate of drug-likeness (QED) is 0.498. The molecule has 2 N–H and O–H groups in total. The molecule has 0 spiro atoms. The molecule has 0 saturated carbocycles. The Morgan fingerprint density at radius 2 is 1.75 bits per heavy atom. The Kier molecular flexibility index (Phi) is 7.68. The van der Waals surface area contributed by atoms with Crippen molar-refractivity contribution in [1.82, 2.24) is 5.48 Å². The van der Waals surface area contributed by atoms with Crippen LogP contribution in [0.4, 0.5) is 0 Å². The summed E-state index contributed by atoms with van der Waals surface area (Å²) in [6.45, 7) is 1.79. The molecule has 0 aliphatic rings. The number of nitrogens with one attached hydrogen (secondary N) is 1. The van der Waals surface area contributed by atoms with Gasteiger partial charge in [-0.3, -0.25) is 4.84 Å². The van der Waals surface area contributed by atoms with E-state index in [9.17, 15) is 0 Å². The van der Waals surface area contributed by atoms with Crippen molar-refractivity contribution in [2.45, 2.75) is 32.3 Å². The third kappa shape index (κ3) is 6.56. The average Bonchev–Trinajstić information content (AvgIpc) is 2.34. The van der Waals surface area contributed by atoms with Crippen molar-refractivity contribution in [3.05, 3.63) is 35.9 Å². The van der Waals surface area contributed by atoms with Gasteiger partial charge in [-0.2, -0.15) is 0 Å². The monoisotopic (exact) mass is 223 g/mol. The number of hydrogen-bond donors (Lipinski definition) is 2. The van der Waals surface area contributed by atoms with Crippen molar-refractivity contribution in [2.75, 3.05) is 13.2 Å². The van der Waals surface area contributed by atoms with Gasteiger partial charge in [0.15, 0.2) is 0 Å². The van der Waals surface area contributed by atoms with Gasteiger partial charge in [0.1, 0.15) is 0 Å². The number of aliphatic hydroxyl groups is 1. The number of rotatable bonds is 9. The summed E-state index contributed by atoms with van der Waals surface area (Å²) in [6.07, 6.45) is 4.23. The van der Waals surface area contributed by atoms with E-state index in [0.29, 0.717) is 13.2 Å². The van der Waals surface area contributed by atoms with Crippen LogP contribution in [0, 0.1) is 0 Å². The molecule has 0 aliphatic heterocycles. The molecule has 0 atom stereocenters. The van der Waals surface area contributed by atoms with Gasteiger partial charge >= 0.3 is 0 Å². The third-order valence-corrected chi connectivity index (χ3v) is 2.37. The molecule has 3 heteroatoms. The summed E-state index contributed by atoms with van der Waals surface area (Å²) >= 11 is 0. The molecule has 0 radical (unpaired) electrons. The van der Waals surface area contributed by atoms with E-state index in [-0.39, 0.29) is 0 Å². The van der Waals surface area contributed by atoms with Crippen molar-refractivity contribution in [3.63, 3.8) is 0 Å². The number of hydrogen-bond acceptors (Lipinski definition) is 3. The highest BCUT2D eigenvalue weighted by Crippen LogP contribution is 2.00. The summed E-state index contributed by atoms with van der Waals surface area (Å²) in [6, 6.07) is 10.1. The van der Waals surface area contributed by atoms with Crippen LogP contribution in [0.25, 0.3) is 0 Å². The van der Waals surface area contributed by atoms with Crippen molar-refractivity contribution < 1.29 is 9.94 Å². The van der Waals surface area contributed by atoms with Gasteiger partial charge in [0.25, 0.3) is 0 Å². The van der Waals surface area contributed by atoms with E-state index in [1.165, 1.54) is 5.56 Å². The van der Waals surface area contributed by atoms with E-state index in [4.69, 9.17) is 9.94 Å². The zero-order valence-corrected chi connectivity index (χ0v) is 9.69. The van der Waals surface area contributed by atoms with E-state index in [2.05, 4.69) is 5.48 Å². The van der Waals surface area contributed by atoms with Crippen LogP contribution in [0.2, 0.25) is 0 Å². The molecule has 0 fully saturated rings. The summed E-state index contributed by atoms with van der Waals surface area (Å²) in [5.41, 5.74) is 4.12. The highest BCUT2D eigenvalue weighted by atomic mass is 16.6. The normalized spacial score (nSPS) is 10.6. The molecule has 3 nitrogen and oxygen atoms in total. The molecule has 0 aliphatic carbocycles. The molecule has 0 heterocycles. The zero-order chi connectivity index (χ0) is 11.5. The van der Waals surface area contributed by atoms with Crippen LogP contribution in [0.5, 0.6) is 0 Å². The fraction of sp³-hybridized carbons (Fsp3) is 0.538. The second-order valence-corrected chi connectivity index (χ2v) is 3.81. The predicted octanol–water partition coefficient (Wildman–Crippen LogP) is 2.26. The molecule has 0 saturated heterocycles. The zero-order valence-electron chi connectivity index (χ0n) is 9.69. The minimum atomic E-state index is 0.304. The van der Waals surface area contributed by atoms with Crippen LogP contribution >= 0.6 is 0 Å². The largest absolute Gasteiger partial charge is 0.396 e. The van der Waals surface area contributed by atoms with Gasteiger partial charge in [0.2, 0.25) is 0 Å². The molecule has 0 bridgehead atoms. The van der Waals surface area contributed by atoms with Crippen molar-refractivity contribution in [2.24, 2.45) is 0 Å². The van der Waals surface area contributed by atoms with Crippen molar-refractivity contribution >= 4 is 0 Å². The molecule has 1 aromatic carbocycles. The highest BCUT2D eigenvalue weighted by Gasteiger charge is 1.92. The first-order valence-electron chi connectivity index (χ1n) is 5.93. The predicted molar refractivity (Wildman–Crippen MR) is 64.8 cm³/mol. The van der Waals surface area contributed by atoms with E-state index in [0.717, 1.165) is 32.2 Å². The molecular weight excluding hydrogens is 202 g/mol. The lowest BCUT2D eigenvalue weighted by Gasteiger charge is -2.05. The van der Waals surface area contributed by atoms with Crippen LogP contribution in [0.3, 0.4) is 0 Å². The first-order valence-corrected chi connectivity index (χ1v) is 5.93. The summed E-state index contributed by atoms with van der Waals surface area (Å²) in [4.78, 5) is 5.33. The van der Waals surface area contributed by atoms with Gasteiger partial charge in [0.05, 0.1) is 6.61 Å². The minimum absolute atomic E-state index is 0.304. The molecule has 90 valence electrons. The highest BCUT2D eigenvalue weighted by molar-refractivity contribution is 5.13. The lowest BCUT2D eigenvalue weighted by molar-refractivity contribution is 0.0272. The van der Waals surface area contributed by atoms with Crippen molar-refractivity contribution in [1.29, 1.82) is 0 Å². The fourth-order valence-corrected chi connectivity index (χ4v) is 1.44. The average molecular weight is 223 g/mol. The molecule has 1 rings (SSSR count). The minimum Gasteiger partial charge on any atom is -0.396 e. The Morgan fingerprint density at radius 1 is 1.00 bits per heavy atom. The maximum absolute atomic E-state index is 8.59. The van der Waals surface area contributed by atoms with Crippen LogP contribution in [0.15, 0.2) is 30.3 Å². The van der Waals surface area contributed by atoms with E-state index in [1.807, 2.05) is 30.3 Å². The summed E-state index contributed by atoms with van der Waals surface area (Å²) in [5, 5.41) is 8.59. The Morgan fingerprint density at radius 3 is 2.50 bits per heavy atom. The van der Waals surface area contributed by atoms with Gasteiger partial charge < -0.3 is 5.11 Å². The van der Waals surface area contributed by atoms with E-state index < -0.39 is 0 Å². The molecule has 0 aromatic heterocycles. The van der Waals surface area contributed by atoms with Gasteiger partial charge in [0, 0.05) is 13.2 Å². The Labute approximate surface area is 97.4 Å². The number of hydroxylamine groups is 1. The second-order valence-electron chi connectivity index (χ2n) is 3.81. The number of unbranched alkanes of at least 4 members (excludes halogenated alkanes) is 3. The van der Waals surface area contributed by atoms with Gasteiger partial charge in [-0.25, -0.2) is 5.48 Å². The van der Waals surface area contributed by atoms with Gasteiger partial charge in [-0.05, 0) is 18.4 Å². The first kappa shape index (κ1) is 13.2. The van der Waals surface area contributed by atoms with E-state index in [1.54, 1.807) is 0 Å². The van der Waals surface area contributed by atoms with Crippen LogP contribution in [-0.4, -0.2) is 18.3 Å². The van der Waals surface area contributed by atoms with Crippen LogP contribution in [-0.2, 0) is 11.4 Å². The second kappa shape index (κ2) is 9.33. The summed E-state index contributed by atoms with van der Waals surface area (Å²) in [5.74, 6) is 0. The van der Waals surface area contributed by atoms with Crippen LogP contribution in [0.1, 0.15) is 31.2 Å². The third-order valence-electron chi connectivity index (χ3n) is 2.37. The molecule has 1 aromatic rings. The Bertz CT molecular complexity index is 251. The SMILES string of the molecule is OCCCCCCNOCc1ccccc1. The molecular formula is C13H21NO2.